The fraction of sp³-hybridized carbons (Fsp3) is 0.364. The molecule has 1 atom stereocenters. The molecule has 0 fully saturated rings. The van der Waals surface area contributed by atoms with Crippen LogP contribution >= 0.6 is 0 Å². The van der Waals surface area contributed by atoms with Crippen LogP contribution in [0.25, 0.3) is 0 Å². The summed E-state index contributed by atoms with van der Waals surface area (Å²) in [5, 5.41) is 11.0. The minimum Gasteiger partial charge on any atom is -0.481 e. The molecule has 0 aliphatic heterocycles. The van der Waals surface area contributed by atoms with Crippen molar-refractivity contribution in [2.75, 3.05) is 13.7 Å². The average Bonchev–Trinajstić information content (AvgIpc) is 2.34. The first-order valence-corrected chi connectivity index (χ1v) is 5.25. The normalized spacial score (nSPS) is 11.8. The number of rotatable bonds is 6. The van der Waals surface area contributed by atoms with E-state index in [1.807, 2.05) is 0 Å². The van der Waals surface area contributed by atoms with Crippen molar-refractivity contribution in [2.45, 2.75) is 12.5 Å². The maximum absolute atomic E-state index is 11.6. The van der Waals surface area contributed by atoms with E-state index < -0.39 is 23.5 Å². The van der Waals surface area contributed by atoms with Gasteiger partial charge in [-0.2, -0.15) is 0 Å². The minimum absolute atomic E-state index is 0.0238. The summed E-state index contributed by atoms with van der Waals surface area (Å²) >= 11 is 0. The van der Waals surface area contributed by atoms with Crippen LogP contribution in [0.1, 0.15) is 16.8 Å². The van der Waals surface area contributed by atoms with Gasteiger partial charge in [0.1, 0.15) is 5.56 Å². The molecule has 3 N–H and O–H groups in total. The van der Waals surface area contributed by atoms with E-state index in [9.17, 15) is 14.4 Å². The molecule has 0 aliphatic carbocycles. The van der Waals surface area contributed by atoms with E-state index in [4.69, 9.17) is 9.84 Å². The second-order valence-corrected chi connectivity index (χ2v) is 3.58. The molecule has 7 heteroatoms. The molecular weight excluding hydrogens is 240 g/mol. The zero-order valence-electron chi connectivity index (χ0n) is 9.80. The number of carboxylic acids is 1. The standard InChI is InChI=1S/C11H14N2O5/c1-18-7(5-9(14)15)6-13-11(17)8-3-2-4-12-10(8)16/h2-4,7H,5-6H2,1H3,(H,12,16)(H,13,17)(H,14,15). The predicted molar refractivity (Wildman–Crippen MR) is 62.4 cm³/mol. The van der Waals surface area contributed by atoms with Crippen molar-refractivity contribution < 1.29 is 19.4 Å². The third-order valence-corrected chi connectivity index (χ3v) is 2.29. The summed E-state index contributed by atoms with van der Waals surface area (Å²) in [4.78, 5) is 35.8. The minimum atomic E-state index is -1.02. The fourth-order valence-corrected chi connectivity index (χ4v) is 1.34. The third kappa shape index (κ3) is 4.02. The van der Waals surface area contributed by atoms with Crippen molar-refractivity contribution in [3.63, 3.8) is 0 Å². The number of H-pyrrole nitrogens is 1. The first-order chi connectivity index (χ1) is 8.54. The molecule has 1 aromatic heterocycles. The smallest absolute Gasteiger partial charge is 0.306 e. The topological polar surface area (TPSA) is 108 Å². The van der Waals surface area contributed by atoms with Crippen molar-refractivity contribution in [1.82, 2.24) is 10.3 Å². The molecule has 18 heavy (non-hydrogen) atoms. The molecule has 7 nitrogen and oxygen atoms in total. The Labute approximate surface area is 103 Å². The Morgan fingerprint density at radius 2 is 2.28 bits per heavy atom. The lowest BCUT2D eigenvalue weighted by Crippen LogP contribution is -2.36. The maximum Gasteiger partial charge on any atom is 0.306 e. The van der Waals surface area contributed by atoms with E-state index in [-0.39, 0.29) is 18.5 Å². The van der Waals surface area contributed by atoms with Crippen LogP contribution in [-0.4, -0.2) is 41.7 Å². The number of ether oxygens (including phenoxy) is 1. The lowest BCUT2D eigenvalue weighted by Gasteiger charge is -2.13. The van der Waals surface area contributed by atoms with Crippen molar-refractivity contribution in [2.24, 2.45) is 0 Å². The van der Waals surface area contributed by atoms with Gasteiger partial charge in [0.05, 0.1) is 12.5 Å². The molecule has 1 amide bonds. The Kier molecular flexibility index (Phi) is 5.06. The average molecular weight is 254 g/mol. The van der Waals surface area contributed by atoms with E-state index in [1.54, 1.807) is 0 Å². The number of hydrogen-bond donors (Lipinski definition) is 3. The molecule has 0 bridgehead atoms. The van der Waals surface area contributed by atoms with Crippen LogP contribution in [0.3, 0.4) is 0 Å². The molecule has 0 saturated heterocycles. The third-order valence-electron chi connectivity index (χ3n) is 2.29. The molecule has 0 aromatic carbocycles. The lowest BCUT2D eigenvalue weighted by molar-refractivity contribution is -0.139. The maximum atomic E-state index is 11.6. The first-order valence-electron chi connectivity index (χ1n) is 5.25. The molecule has 1 unspecified atom stereocenters. The number of carbonyl (C=O) groups is 2. The van der Waals surface area contributed by atoms with Crippen LogP contribution in [0.2, 0.25) is 0 Å². The van der Waals surface area contributed by atoms with Crippen molar-refractivity contribution in [3.8, 4) is 0 Å². The van der Waals surface area contributed by atoms with Gasteiger partial charge < -0.3 is 20.1 Å². The zero-order valence-corrected chi connectivity index (χ0v) is 9.80. The van der Waals surface area contributed by atoms with E-state index in [0.717, 1.165) is 0 Å². The molecule has 1 heterocycles. The van der Waals surface area contributed by atoms with Crippen LogP contribution in [0.15, 0.2) is 23.1 Å². The molecule has 0 radical (unpaired) electrons. The highest BCUT2D eigenvalue weighted by Gasteiger charge is 2.15. The summed E-state index contributed by atoms with van der Waals surface area (Å²) < 4.78 is 4.90. The van der Waals surface area contributed by atoms with Crippen molar-refractivity contribution in [1.29, 1.82) is 0 Å². The molecule has 0 saturated carbocycles. The Balaban J connectivity index is 2.58. The number of amides is 1. The van der Waals surface area contributed by atoms with Gasteiger partial charge in [-0.3, -0.25) is 14.4 Å². The second-order valence-electron chi connectivity index (χ2n) is 3.58. The van der Waals surface area contributed by atoms with Gasteiger partial charge in [-0.05, 0) is 12.1 Å². The number of pyridine rings is 1. The lowest BCUT2D eigenvalue weighted by atomic mass is 10.2. The first kappa shape index (κ1) is 13.9. The van der Waals surface area contributed by atoms with Gasteiger partial charge in [-0.15, -0.1) is 0 Å². The van der Waals surface area contributed by atoms with Gasteiger partial charge in [0, 0.05) is 19.9 Å². The van der Waals surface area contributed by atoms with Crippen LogP contribution in [0.4, 0.5) is 0 Å². The quantitative estimate of drug-likeness (QED) is 0.639. The van der Waals surface area contributed by atoms with Gasteiger partial charge in [0.2, 0.25) is 0 Å². The van der Waals surface area contributed by atoms with Gasteiger partial charge >= 0.3 is 5.97 Å². The number of nitrogens with one attached hydrogen (secondary N) is 2. The van der Waals surface area contributed by atoms with E-state index in [0.29, 0.717) is 0 Å². The van der Waals surface area contributed by atoms with Crippen LogP contribution in [-0.2, 0) is 9.53 Å². The van der Waals surface area contributed by atoms with Gasteiger partial charge in [-0.25, -0.2) is 0 Å². The fourth-order valence-electron chi connectivity index (χ4n) is 1.34. The highest BCUT2D eigenvalue weighted by atomic mass is 16.5. The zero-order chi connectivity index (χ0) is 13.5. The largest absolute Gasteiger partial charge is 0.481 e. The molecule has 98 valence electrons. The van der Waals surface area contributed by atoms with Crippen molar-refractivity contribution in [3.05, 3.63) is 34.2 Å². The van der Waals surface area contributed by atoms with Gasteiger partial charge in [0.15, 0.2) is 0 Å². The number of aromatic amines is 1. The summed E-state index contributed by atoms with van der Waals surface area (Å²) in [5.74, 6) is -1.59. The van der Waals surface area contributed by atoms with E-state index in [2.05, 4.69) is 10.3 Å². The SMILES string of the molecule is COC(CNC(=O)c1ccc[nH]c1=O)CC(=O)O. The Hall–Kier alpha value is -2.15. The van der Waals surface area contributed by atoms with Crippen LogP contribution in [0.5, 0.6) is 0 Å². The highest BCUT2D eigenvalue weighted by molar-refractivity contribution is 5.93. The Morgan fingerprint density at radius 3 is 2.83 bits per heavy atom. The van der Waals surface area contributed by atoms with Crippen LogP contribution < -0.4 is 10.9 Å². The van der Waals surface area contributed by atoms with E-state index in [1.165, 1.54) is 25.4 Å². The molecule has 1 rings (SSSR count). The van der Waals surface area contributed by atoms with Crippen LogP contribution in [0, 0.1) is 0 Å². The summed E-state index contributed by atoms with van der Waals surface area (Å²) in [6.45, 7) is 0.0238. The number of carboxylic acid groups (broad SMARTS) is 1. The van der Waals surface area contributed by atoms with E-state index >= 15 is 0 Å². The van der Waals surface area contributed by atoms with Gasteiger partial charge in [0.25, 0.3) is 11.5 Å². The molecule has 1 aromatic rings. The monoisotopic (exact) mass is 254 g/mol. The number of aromatic nitrogens is 1. The number of methoxy groups -OCH3 is 1. The Bertz CT molecular complexity index is 482. The van der Waals surface area contributed by atoms with Crippen molar-refractivity contribution >= 4 is 11.9 Å². The predicted octanol–water partition coefficient (Wildman–Crippen LogP) is -0.406. The number of hydrogen-bond acceptors (Lipinski definition) is 4. The second kappa shape index (κ2) is 6.55. The summed E-state index contributed by atoms with van der Waals surface area (Å²) in [6.07, 6.45) is 0.568. The number of aliphatic carboxylic acids is 1. The Morgan fingerprint density at radius 1 is 1.56 bits per heavy atom. The summed E-state index contributed by atoms with van der Waals surface area (Å²) in [5.41, 5.74) is -0.523. The molecular formula is C11H14N2O5. The summed E-state index contributed by atoms with van der Waals surface area (Å²) in [6, 6.07) is 2.91. The molecule has 0 aliphatic rings. The summed E-state index contributed by atoms with van der Waals surface area (Å²) in [7, 11) is 1.36. The van der Waals surface area contributed by atoms with Gasteiger partial charge in [-0.1, -0.05) is 0 Å². The molecule has 0 spiro atoms. The highest BCUT2D eigenvalue weighted by Crippen LogP contribution is 1.96. The number of carbonyl (C=O) groups excluding carboxylic acids is 1.